The van der Waals surface area contributed by atoms with Gasteiger partial charge >= 0.3 is 0 Å². The first-order chi connectivity index (χ1) is 7.49. The zero-order chi connectivity index (χ0) is 12.1. The Hall–Kier alpha value is -0.670. The topological polar surface area (TPSA) is 42.2 Å². The first kappa shape index (κ1) is 13.4. The molecule has 0 fully saturated rings. The van der Waals surface area contributed by atoms with Gasteiger partial charge in [0.05, 0.1) is 5.38 Å². The van der Waals surface area contributed by atoms with Crippen molar-refractivity contribution in [2.45, 2.75) is 25.6 Å². The molecular formula is C11H15Cl2NO2. The summed E-state index contributed by atoms with van der Waals surface area (Å²) in [5.41, 5.74) is 0. The van der Waals surface area contributed by atoms with Gasteiger partial charge in [-0.25, -0.2) is 0 Å². The van der Waals surface area contributed by atoms with Gasteiger partial charge in [-0.3, -0.25) is 4.79 Å². The van der Waals surface area contributed by atoms with Crippen LogP contribution in [0, 0.1) is 5.92 Å². The first-order valence-corrected chi connectivity index (χ1v) is 5.98. The summed E-state index contributed by atoms with van der Waals surface area (Å²) in [5.74, 6) is 0.428. The van der Waals surface area contributed by atoms with Crippen LogP contribution in [0.4, 0.5) is 0 Å². The van der Waals surface area contributed by atoms with Crippen LogP contribution in [-0.2, 0) is 0 Å². The molecule has 1 heterocycles. The Morgan fingerprint density at radius 2 is 2.19 bits per heavy atom. The van der Waals surface area contributed by atoms with Gasteiger partial charge in [-0.1, -0.05) is 13.8 Å². The number of nitrogens with one attached hydrogen (secondary N) is 1. The molecule has 0 aliphatic heterocycles. The lowest BCUT2D eigenvalue weighted by Gasteiger charge is -2.12. The number of amides is 1. The van der Waals surface area contributed by atoms with E-state index in [-0.39, 0.29) is 22.3 Å². The Morgan fingerprint density at radius 1 is 1.50 bits per heavy atom. The van der Waals surface area contributed by atoms with Crippen molar-refractivity contribution in [3.63, 3.8) is 0 Å². The summed E-state index contributed by atoms with van der Waals surface area (Å²) in [6, 6.07) is 3.06. The van der Waals surface area contributed by atoms with E-state index in [1.807, 2.05) is 0 Å². The molecule has 0 saturated carbocycles. The van der Waals surface area contributed by atoms with Gasteiger partial charge in [0.2, 0.25) is 0 Å². The normalized spacial score (nSPS) is 12.8. The van der Waals surface area contributed by atoms with Gasteiger partial charge in [-0.15, -0.1) is 11.6 Å². The second-order valence-corrected chi connectivity index (χ2v) is 5.03. The monoisotopic (exact) mass is 263 g/mol. The lowest BCUT2D eigenvalue weighted by atomic mass is 10.1. The minimum atomic E-state index is -0.290. The van der Waals surface area contributed by atoms with E-state index in [1.165, 1.54) is 12.1 Å². The van der Waals surface area contributed by atoms with Crippen LogP contribution in [0.25, 0.3) is 0 Å². The average molecular weight is 264 g/mol. The van der Waals surface area contributed by atoms with Crippen LogP contribution in [-0.4, -0.2) is 17.8 Å². The van der Waals surface area contributed by atoms with Crippen molar-refractivity contribution in [2.24, 2.45) is 5.92 Å². The number of furan rings is 1. The Bertz CT molecular complexity index is 350. The molecule has 1 aromatic heterocycles. The van der Waals surface area contributed by atoms with Crippen LogP contribution in [0.5, 0.6) is 0 Å². The molecule has 0 saturated heterocycles. The highest BCUT2D eigenvalue weighted by Crippen LogP contribution is 2.13. The van der Waals surface area contributed by atoms with E-state index in [4.69, 9.17) is 27.6 Å². The summed E-state index contributed by atoms with van der Waals surface area (Å²) in [6.45, 7) is 4.60. The molecule has 1 rings (SSSR count). The Labute approximate surface area is 105 Å². The molecule has 16 heavy (non-hydrogen) atoms. The number of alkyl halides is 1. The fraction of sp³-hybridized carbons (Fsp3) is 0.545. The van der Waals surface area contributed by atoms with E-state index >= 15 is 0 Å². The molecule has 90 valence electrons. The van der Waals surface area contributed by atoms with Crippen LogP contribution in [0.1, 0.15) is 30.8 Å². The lowest BCUT2D eigenvalue weighted by Crippen LogP contribution is -2.30. The molecule has 0 aliphatic carbocycles. The Balaban J connectivity index is 2.35. The number of hydrogen-bond acceptors (Lipinski definition) is 2. The smallest absolute Gasteiger partial charge is 0.287 e. The molecule has 1 amide bonds. The van der Waals surface area contributed by atoms with Crippen molar-refractivity contribution in [3.8, 4) is 0 Å². The van der Waals surface area contributed by atoms with E-state index in [1.54, 1.807) is 0 Å². The van der Waals surface area contributed by atoms with Crippen molar-refractivity contribution in [1.82, 2.24) is 5.32 Å². The molecule has 0 aliphatic rings. The summed E-state index contributed by atoms with van der Waals surface area (Å²) in [4.78, 5) is 11.5. The molecule has 1 unspecified atom stereocenters. The van der Waals surface area contributed by atoms with Gasteiger partial charge in [0.1, 0.15) is 0 Å². The maximum atomic E-state index is 11.5. The average Bonchev–Trinajstić information content (AvgIpc) is 2.60. The minimum absolute atomic E-state index is 0.0608. The molecule has 5 heteroatoms. The van der Waals surface area contributed by atoms with Crippen molar-refractivity contribution in [2.75, 3.05) is 6.54 Å². The standard InChI is InChI=1S/C11H15Cl2NO2/c1-7(2)5-8(12)6-14-11(15)9-3-4-10(13)16-9/h3-4,7-8H,5-6H2,1-2H3,(H,14,15). The quantitative estimate of drug-likeness (QED) is 0.829. The van der Waals surface area contributed by atoms with E-state index in [0.29, 0.717) is 12.5 Å². The van der Waals surface area contributed by atoms with Crippen molar-refractivity contribution >= 4 is 29.1 Å². The van der Waals surface area contributed by atoms with Crippen molar-refractivity contribution < 1.29 is 9.21 Å². The molecule has 0 aromatic carbocycles. The highest BCUT2D eigenvalue weighted by molar-refractivity contribution is 6.29. The SMILES string of the molecule is CC(C)CC(Cl)CNC(=O)c1ccc(Cl)o1. The van der Waals surface area contributed by atoms with Crippen LogP contribution in [0.15, 0.2) is 16.5 Å². The highest BCUT2D eigenvalue weighted by Gasteiger charge is 2.13. The summed E-state index contributed by atoms with van der Waals surface area (Å²) < 4.78 is 4.97. The summed E-state index contributed by atoms with van der Waals surface area (Å²) in [5, 5.41) is 2.84. The van der Waals surface area contributed by atoms with Crippen LogP contribution >= 0.6 is 23.2 Å². The van der Waals surface area contributed by atoms with Gasteiger partial charge in [0, 0.05) is 6.54 Å². The molecule has 0 radical (unpaired) electrons. The number of rotatable bonds is 5. The van der Waals surface area contributed by atoms with E-state index < -0.39 is 0 Å². The van der Waals surface area contributed by atoms with Crippen molar-refractivity contribution in [3.05, 3.63) is 23.1 Å². The fourth-order valence-electron chi connectivity index (χ4n) is 1.32. The van der Waals surface area contributed by atoms with Crippen molar-refractivity contribution in [1.29, 1.82) is 0 Å². The molecule has 0 bridgehead atoms. The van der Waals surface area contributed by atoms with Crippen LogP contribution in [0.2, 0.25) is 5.22 Å². The third-order valence-electron chi connectivity index (χ3n) is 2.01. The van der Waals surface area contributed by atoms with Gasteiger partial charge in [0.15, 0.2) is 11.0 Å². The lowest BCUT2D eigenvalue weighted by molar-refractivity contribution is 0.0925. The third kappa shape index (κ3) is 4.45. The second kappa shape index (κ2) is 6.16. The molecule has 3 nitrogen and oxygen atoms in total. The van der Waals surface area contributed by atoms with Crippen LogP contribution < -0.4 is 5.32 Å². The van der Waals surface area contributed by atoms with Gasteiger partial charge < -0.3 is 9.73 Å². The first-order valence-electron chi connectivity index (χ1n) is 5.16. The van der Waals surface area contributed by atoms with E-state index in [9.17, 15) is 4.79 Å². The van der Waals surface area contributed by atoms with E-state index in [2.05, 4.69) is 19.2 Å². The zero-order valence-corrected chi connectivity index (χ0v) is 10.8. The Morgan fingerprint density at radius 3 is 2.69 bits per heavy atom. The predicted molar refractivity (Wildman–Crippen MR) is 65.1 cm³/mol. The third-order valence-corrected chi connectivity index (χ3v) is 2.54. The fourth-order valence-corrected chi connectivity index (χ4v) is 1.90. The molecule has 1 aromatic rings. The Kier molecular flexibility index (Phi) is 5.16. The summed E-state index contributed by atoms with van der Waals surface area (Å²) in [6.07, 6.45) is 0.862. The number of carbonyl (C=O) groups excluding carboxylic acids is 1. The molecule has 1 N–H and O–H groups in total. The van der Waals surface area contributed by atoms with E-state index in [0.717, 1.165) is 6.42 Å². The highest BCUT2D eigenvalue weighted by atomic mass is 35.5. The minimum Gasteiger partial charge on any atom is -0.440 e. The van der Waals surface area contributed by atoms with Gasteiger partial charge in [0.25, 0.3) is 5.91 Å². The molecule has 1 atom stereocenters. The molecule has 0 spiro atoms. The maximum Gasteiger partial charge on any atom is 0.287 e. The summed E-state index contributed by atoms with van der Waals surface area (Å²) >= 11 is 11.6. The zero-order valence-electron chi connectivity index (χ0n) is 9.30. The molecular weight excluding hydrogens is 249 g/mol. The number of halogens is 2. The summed E-state index contributed by atoms with van der Waals surface area (Å²) in [7, 11) is 0. The number of carbonyl (C=O) groups is 1. The predicted octanol–water partition coefficient (Wildman–Crippen LogP) is 3.32. The maximum absolute atomic E-state index is 11.5. The van der Waals surface area contributed by atoms with Gasteiger partial charge in [-0.2, -0.15) is 0 Å². The van der Waals surface area contributed by atoms with Gasteiger partial charge in [-0.05, 0) is 36.1 Å². The largest absolute Gasteiger partial charge is 0.440 e. The van der Waals surface area contributed by atoms with Crippen LogP contribution in [0.3, 0.4) is 0 Å². The number of hydrogen-bond donors (Lipinski definition) is 1. The second-order valence-electron chi connectivity index (χ2n) is 4.04.